The van der Waals surface area contributed by atoms with E-state index in [0.717, 1.165) is 11.3 Å². The third-order valence-electron chi connectivity index (χ3n) is 6.23. The van der Waals surface area contributed by atoms with Gasteiger partial charge in [0.2, 0.25) is 15.9 Å². The molecular weight excluding hydrogens is 458 g/mol. The summed E-state index contributed by atoms with van der Waals surface area (Å²) in [6, 6.07) is 4.65. The zero-order valence-corrected chi connectivity index (χ0v) is 19.2. The van der Waals surface area contributed by atoms with Crippen LogP contribution in [-0.2, 0) is 35.6 Å². The Morgan fingerprint density at radius 3 is 2.41 bits per heavy atom. The molecule has 2 aromatic rings. The molecule has 1 aromatic heterocycles. The third-order valence-corrected chi connectivity index (χ3v) is 9.07. The van der Waals surface area contributed by atoms with Gasteiger partial charge in [0.1, 0.15) is 6.54 Å². The number of carbonyl (C=O) groups excluding carboxylic acids is 1. The van der Waals surface area contributed by atoms with E-state index in [4.69, 9.17) is 14.2 Å². The number of sulfonamides is 1. The van der Waals surface area contributed by atoms with Crippen molar-refractivity contribution in [3.8, 4) is 0 Å². The van der Waals surface area contributed by atoms with Crippen molar-refractivity contribution < 1.29 is 27.4 Å². The molecule has 1 aromatic carbocycles. The van der Waals surface area contributed by atoms with Crippen LogP contribution in [0.2, 0.25) is 0 Å². The predicted molar refractivity (Wildman–Crippen MR) is 116 cm³/mol. The van der Waals surface area contributed by atoms with E-state index in [-0.39, 0.29) is 22.2 Å². The number of ether oxygens (including phenoxy) is 3. The van der Waals surface area contributed by atoms with Gasteiger partial charge in [-0.1, -0.05) is 11.3 Å². The van der Waals surface area contributed by atoms with Crippen molar-refractivity contribution in [1.82, 2.24) is 13.8 Å². The Labute approximate surface area is 189 Å². The summed E-state index contributed by atoms with van der Waals surface area (Å²) in [5.74, 6) is -0.801. The monoisotopic (exact) mass is 483 g/mol. The Morgan fingerprint density at radius 1 is 1.03 bits per heavy atom. The zero-order chi connectivity index (χ0) is 22.3. The molecule has 0 atom stereocenters. The highest BCUT2D eigenvalue weighted by Gasteiger charge is 2.42. The number of hydrogen-bond donors (Lipinski definition) is 0. The Morgan fingerprint density at radius 2 is 1.72 bits per heavy atom. The smallest absolute Gasteiger partial charge is 0.308 e. The van der Waals surface area contributed by atoms with Crippen LogP contribution in [0.3, 0.4) is 0 Å². The van der Waals surface area contributed by atoms with Gasteiger partial charge < -0.3 is 19.1 Å². The molecule has 1 amide bonds. The number of thiazole rings is 1. The van der Waals surface area contributed by atoms with E-state index in [9.17, 15) is 18.0 Å². The molecule has 0 N–H and O–H groups in total. The second kappa shape index (κ2) is 8.50. The Kier molecular flexibility index (Phi) is 5.84. The first-order valence-corrected chi connectivity index (χ1v) is 12.9. The van der Waals surface area contributed by atoms with Gasteiger partial charge in [0.25, 0.3) is 0 Å². The average molecular weight is 484 g/mol. The summed E-state index contributed by atoms with van der Waals surface area (Å²) in [7, 11) is -3.71. The molecule has 0 radical (unpaired) electrons. The number of aromatic nitrogens is 1. The molecule has 32 heavy (non-hydrogen) atoms. The first-order chi connectivity index (χ1) is 15.4. The lowest BCUT2D eigenvalue weighted by Gasteiger charge is -2.36. The summed E-state index contributed by atoms with van der Waals surface area (Å²) >= 11 is 0.949. The summed E-state index contributed by atoms with van der Waals surface area (Å²) in [4.78, 5) is 26.7. The van der Waals surface area contributed by atoms with E-state index in [1.807, 2.05) is 0 Å². The van der Waals surface area contributed by atoms with Crippen molar-refractivity contribution in [2.45, 2.75) is 30.1 Å². The van der Waals surface area contributed by atoms with Crippen molar-refractivity contribution >= 4 is 37.5 Å². The number of benzene rings is 1. The lowest BCUT2D eigenvalue weighted by atomic mass is 10.1. The fourth-order valence-corrected chi connectivity index (χ4v) is 6.88. The van der Waals surface area contributed by atoms with Crippen molar-refractivity contribution in [2.24, 2.45) is 0 Å². The second-order valence-electron chi connectivity index (χ2n) is 8.09. The quantitative estimate of drug-likeness (QED) is 0.621. The summed E-state index contributed by atoms with van der Waals surface area (Å²) in [5, 5.41) is 0. The van der Waals surface area contributed by atoms with Gasteiger partial charge in [-0.05, 0) is 18.2 Å². The second-order valence-corrected chi connectivity index (χ2v) is 11.0. The van der Waals surface area contributed by atoms with E-state index in [0.29, 0.717) is 75.7 Å². The lowest BCUT2D eigenvalue weighted by molar-refractivity contribution is -0.179. The molecule has 12 heteroatoms. The highest BCUT2D eigenvalue weighted by Crippen LogP contribution is 2.34. The van der Waals surface area contributed by atoms with Crippen molar-refractivity contribution in [3.05, 3.63) is 27.9 Å². The maximum atomic E-state index is 13.2. The lowest BCUT2D eigenvalue weighted by Crippen LogP contribution is -2.47. The minimum absolute atomic E-state index is 0.0703. The van der Waals surface area contributed by atoms with Gasteiger partial charge in [-0.3, -0.25) is 14.2 Å². The molecule has 0 aliphatic carbocycles. The van der Waals surface area contributed by atoms with Crippen LogP contribution in [0, 0.1) is 0 Å². The van der Waals surface area contributed by atoms with Crippen LogP contribution >= 0.6 is 11.3 Å². The van der Waals surface area contributed by atoms with Crippen LogP contribution in [0.25, 0.3) is 10.2 Å². The van der Waals surface area contributed by atoms with E-state index in [2.05, 4.69) is 0 Å². The molecule has 3 aliphatic heterocycles. The molecule has 4 heterocycles. The molecule has 3 saturated heterocycles. The summed E-state index contributed by atoms with van der Waals surface area (Å²) in [6.07, 6.45) is 0.976. The van der Waals surface area contributed by atoms with Gasteiger partial charge in [0.05, 0.1) is 41.5 Å². The van der Waals surface area contributed by atoms with Crippen LogP contribution < -0.4 is 4.87 Å². The molecular formula is C20H25N3O7S2. The van der Waals surface area contributed by atoms with Crippen LogP contribution in [0.15, 0.2) is 27.9 Å². The fourth-order valence-electron chi connectivity index (χ4n) is 4.41. The molecule has 1 spiro atoms. The van der Waals surface area contributed by atoms with E-state index >= 15 is 0 Å². The largest absolute Gasteiger partial charge is 0.378 e. The summed E-state index contributed by atoms with van der Waals surface area (Å²) < 4.78 is 46.4. The highest BCUT2D eigenvalue weighted by molar-refractivity contribution is 7.89. The number of amides is 1. The predicted octanol–water partition coefficient (Wildman–Crippen LogP) is 0.449. The Bertz CT molecular complexity index is 1170. The molecule has 10 nitrogen and oxygen atoms in total. The number of rotatable bonds is 4. The molecule has 174 valence electrons. The van der Waals surface area contributed by atoms with Gasteiger partial charge in [0.15, 0.2) is 5.79 Å². The number of nitrogens with zero attached hydrogens (tertiary/aromatic N) is 3. The Balaban J connectivity index is 1.35. The standard InChI is InChI=1S/C20H25N3O7S2/c24-18(21-7-9-28-10-8-21)14-23-16-2-1-15(13-17(16)31-19(23)25)32(26,27)22-5-3-20(4-6-22)29-11-12-30-20/h1-2,13H,3-12,14H2. The highest BCUT2D eigenvalue weighted by atomic mass is 32.2. The number of piperidine rings is 1. The van der Waals surface area contributed by atoms with Gasteiger partial charge in [0, 0.05) is 39.0 Å². The molecule has 5 rings (SSSR count). The molecule has 0 saturated carbocycles. The minimum Gasteiger partial charge on any atom is -0.378 e. The molecule has 0 unspecified atom stereocenters. The van der Waals surface area contributed by atoms with Crippen molar-refractivity contribution in [1.29, 1.82) is 0 Å². The van der Waals surface area contributed by atoms with Crippen molar-refractivity contribution in [3.63, 3.8) is 0 Å². The SMILES string of the molecule is O=C(Cn1c(=O)sc2cc(S(=O)(=O)N3CCC4(CC3)OCCO4)ccc21)N1CCOCC1. The maximum absolute atomic E-state index is 13.2. The number of hydrogen-bond acceptors (Lipinski definition) is 8. The van der Waals surface area contributed by atoms with Crippen LogP contribution in [0.1, 0.15) is 12.8 Å². The number of morpholine rings is 1. The molecule has 3 aliphatic rings. The Hall–Kier alpha value is -1.83. The summed E-state index contributed by atoms with van der Waals surface area (Å²) in [5.41, 5.74) is 0.561. The van der Waals surface area contributed by atoms with E-state index < -0.39 is 15.8 Å². The first-order valence-electron chi connectivity index (χ1n) is 10.7. The fraction of sp³-hybridized carbons (Fsp3) is 0.600. The minimum atomic E-state index is -3.71. The first kappa shape index (κ1) is 22.0. The third kappa shape index (κ3) is 3.99. The van der Waals surface area contributed by atoms with Gasteiger partial charge in [-0.2, -0.15) is 4.31 Å². The molecule has 3 fully saturated rings. The number of fused-ring (bicyclic) bond motifs is 1. The maximum Gasteiger partial charge on any atom is 0.308 e. The zero-order valence-electron chi connectivity index (χ0n) is 17.5. The average Bonchev–Trinajstić information content (AvgIpc) is 3.38. The van der Waals surface area contributed by atoms with Crippen LogP contribution in [0.4, 0.5) is 0 Å². The van der Waals surface area contributed by atoms with Crippen LogP contribution in [-0.4, -0.2) is 86.5 Å². The van der Waals surface area contributed by atoms with E-state index in [1.54, 1.807) is 11.0 Å². The molecule has 0 bridgehead atoms. The normalized spacial score (nSPS) is 22.1. The van der Waals surface area contributed by atoms with E-state index in [1.165, 1.54) is 21.0 Å². The topological polar surface area (TPSA) is 107 Å². The number of carbonyl (C=O) groups is 1. The van der Waals surface area contributed by atoms with Crippen LogP contribution in [0.5, 0.6) is 0 Å². The van der Waals surface area contributed by atoms with Gasteiger partial charge in [-0.25, -0.2) is 8.42 Å². The van der Waals surface area contributed by atoms with Gasteiger partial charge >= 0.3 is 4.87 Å². The van der Waals surface area contributed by atoms with Crippen molar-refractivity contribution in [2.75, 3.05) is 52.6 Å². The van der Waals surface area contributed by atoms with Gasteiger partial charge in [-0.15, -0.1) is 0 Å². The summed E-state index contributed by atoms with van der Waals surface area (Å²) in [6.45, 7) is 3.61.